The fourth-order valence-electron chi connectivity index (χ4n) is 4.51. The molecule has 0 atom stereocenters. The standard InChI is InChI=1S/C26H21NO7S.CH3Cl/c1-29-21-6-4-17(11-23(21)30-2)35-34-26-19-13-27-8-7-16-10-24-25(32-14-31-24)12-18(16)20(27)9-15(19)3-5-22(26)33-28;1-2/h3-6,9-13H,7-8,14H2,1-2H3;1H3/p+1. The van der Waals surface area contributed by atoms with Crippen LogP contribution >= 0.6 is 23.6 Å². The Bertz CT molecular complexity index is 1460. The summed E-state index contributed by atoms with van der Waals surface area (Å²) in [5.74, 6) is 3.44. The molecule has 37 heavy (non-hydrogen) atoms. The third-order valence-electron chi connectivity index (χ3n) is 6.25. The van der Waals surface area contributed by atoms with E-state index in [0.717, 1.165) is 63.4 Å². The molecule has 0 bridgehead atoms. The fraction of sp³-hybridized carbons (Fsp3) is 0.222. The number of aromatic nitrogens is 1. The van der Waals surface area contributed by atoms with Crippen LogP contribution in [0.25, 0.3) is 22.0 Å². The zero-order chi connectivity index (χ0) is 25.9. The van der Waals surface area contributed by atoms with Crippen molar-refractivity contribution in [2.75, 3.05) is 27.4 Å². The SMILES string of the molecule is CCl.COc1ccc(SOc2c(OO)ccc3cc4[n+](cc23)CCc2cc3c(cc2-4)OCO3)cc1OC. The summed E-state index contributed by atoms with van der Waals surface area (Å²) in [4.78, 5) is 5.46. The number of pyridine rings is 1. The molecule has 2 aliphatic rings. The summed E-state index contributed by atoms with van der Waals surface area (Å²) < 4.78 is 30.1. The number of ether oxygens (including phenoxy) is 4. The lowest BCUT2D eigenvalue weighted by atomic mass is 9.95. The molecular formula is C27H25ClNO7S+. The minimum atomic E-state index is 0.227. The Morgan fingerprint density at radius 2 is 1.68 bits per heavy atom. The molecule has 0 saturated carbocycles. The number of nitrogens with zero attached hydrogens (tertiary/aromatic N) is 1. The minimum Gasteiger partial charge on any atom is -0.493 e. The molecule has 3 aromatic carbocycles. The normalized spacial score (nSPS) is 12.7. The highest BCUT2D eigenvalue weighted by atomic mass is 35.5. The van der Waals surface area contributed by atoms with Gasteiger partial charge in [0.1, 0.15) is 0 Å². The van der Waals surface area contributed by atoms with E-state index in [4.69, 9.17) is 23.1 Å². The molecule has 0 saturated heterocycles. The monoisotopic (exact) mass is 542 g/mol. The molecule has 6 rings (SSSR count). The zero-order valence-electron chi connectivity index (χ0n) is 20.4. The molecule has 3 heterocycles. The number of hydrogen-bond donors (Lipinski definition) is 1. The highest BCUT2D eigenvalue weighted by molar-refractivity contribution is 7.95. The fourth-order valence-corrected chi connectivity index (χ4v) is 5.14. The number of aryl methyl sites for hydroxylation is 2. The van der Waals surface area contributed by atoms with Crippen LogP contribution in [0.2, 0.25) is 0 Å². The summed E-state index contributed by atoms with van der Waals surface area (Å²) in [6.07, 6.45) is 4.37. The summed E-state index contributed by atoms with van der Waals surface area (Å²) in [5.41, 5.74) is 3.42. The molecule has 192 valence electrons. The molecule has 10 heteroatoms. The van der Waals surface area contributed by atoms with Gasteiger partial charge in [0.25, 0.3) is 0 Å². The summed E-state index contributed by atoms with van der Waals surface area (Å²) >= 11 is 5.78. The highest BCUT2D eigenvalue weighted by Crippen LogP contribution is 2.43. The molecular weight excluding hydrogens is 518 g/mol. The topological polar surface area (TPSA) is 79.5 Å². The second kappa shape index (κ2) is 10.8. The largest absolute Gasteiger partial charge is 0.493 e. The Balaban J connectivity index is 0.00000137. The number of hydrogen-bond acceptors (Lipinski definition) is 8. The maximum absolute atomic E-state index is 9.53. The van der Waals surface area contributed by atoms with E-state index < -0.39 is 0 Å². The van der Waals surface area contributed by atoms with Gasteiger partial charge in [0.05, 0.1) is 42.1 Å². The van der Waals surface area contributed by atoms with Crippen LogP contribution in [0.3, 0.4) is 0 Å². The van der Waals surface area contributed by atoms with Crippen molar-refractivity contribution in [2.45, 2.75) is 17.9 Å². The van der Waals surface area contributed by atoms with Gasteiger partial charge in [0.15, 0.2) is 41.5 Å². The Hall–Kier alpha value is -3.53. The van der Waals surface area contributed by atoms with Gasteiger partial charge in [-0.05, 0) is 47.3 Å². The van der Waals surface area contributed by atoms with Crippen LogP contribution in [0.5, 0.6) is 34.5 Å². The summed E-state index contributed by atoms with van der Waals surface area (Å²) in [5, 5.41) is 11.3. The van der Waals surface area contributed by atoms with Crippen molar-refractivity contribution in [2.24, 2.45) is 0 Å². The van der Waals surface area contributed by atoms with Gasteiger partial charge >= 0.3 is 0 Å². The molecule has 1 N–H and O–H groups in total. The van der Waals surface area contributed by atoms with Crippen molar-refractivity contribution in [1.82, 2.24) is 0 Å². The smallest absolute Gasteiger partial charge is 0.231 e. The van der Waals surface area contributed by atoms with Gasteiger partial charge in [-0.25, -0.2) is 5.26 Å². The van der Waals surface area contributed by atoms with Gasteiger partial charge in [-0.15, -0.1) is 11.6 Å². The molecule has 0 radical (unpaired) electrons. The molecule has 4 aromatic rings. The Labute approximate surface area is 223 Å². The number of methoxy groups -OCH3 is 2. The van der Waals surface area contributed by atoms with Gasteiger partial charge in [-0.3, -0.25) is 0 Å². The van der Waals surface area contributed by atoms with Crippen molar-refractivity contribution >= 4 is 34.4 Å². The van der Waals surface area contributed by atoms with Crippen molar-refractivity contribution in [3.8, 4) is 45.8 Å². The molecule has 0 amide bonds. The van der Waals surface area contributed by atoms with E-state index in [1.165, 1.54) is 11.9 Å². The predicted octanol–water partition coefficient (Wildman–Crippen LogP) is 5.89. The van der Waals surface area contributed by atoms with Crippen LogP contribution < -0.4 is 32.6 Å². The Morgan fingerprint density at radius 1 is 0.919 bits per heavy atom. The molecule has 0 unspecified atom stereocenters. The van der Waals surface area contributed by atoms with E-state index >= 15 is 0 Å². The number of rotatable bonds is 6. The van der Waals surface area contributed by atoms with Crippen molar-refractivity contribution < 1.29 is 37.8 Å². The first-order valence-electron chi connectivity index (χ1n) is 11.4. The first-order valence-corrected chi connectivity index (χ1v) is 12.9. The van der Waals surface area contributed by atoms with Gasteiger partial charge in [0.2, 0.25) is 18.2 Å². The minimum absolute atomic E-state index is 0.227. The first kappa shape index (κ1) is 25.1. The predicted molar refractivity (Wildman–Crippen MR) is 140 cm³/mol. The second-order valence-electron chi connectivity index (χ2n) is 8.14. The summed E-state index contributed by atoms with van der Waals surface area (Å²) in [6.45, 7) is 1.04. The van der Waals surface area contributed by atoms with Gasteiger partial charge in [0, 0.05) is 24.9 Å². The summed E-state index contributed by atoms with van der Waals surface area (Å²) in [7, 11) is 3.18. The lowest BCUT2D eigenvalue weighted by Gasteiger charge is -2.17. The average Bonchev–Trinajstić information content (AvgIpc) is 3.42. The third-order valence-corrected chi connectivity index (χ3v) is 6.95. The van der Waals surface area contributed by atoms with Crippen LogP contribution in [0.1, 0.15) is 5.56 Å². The van der Waals surface area contributed by atoms with Crippen LogP contribution in [0.4, 0.5) is 0 Å². The lowest BCUT2D eigenvalue weighted by Crippen LogP contribution is -2.40. The van der Waals surface area contributed by atoms with Gasteiger partial charge in [-0.1, -0.05) is 0 Å². The van der Waals surface area contributed by atoms with Crippen LogP contribution in [0.15, 0.2) is 59.6 Å². The van der Waals surface area contributed by atoms with Crippen molar-refractivity contribution in [3.63, 3.8) is 0 Å². The quantitative estimate of drug-likeness (QED) is 0.106. The van der Waals surface area contributed by atoms with E-state index in [2.05, 4.69) is 33.2 Å². The third kappa shape index (κ3) is 4.66. The lowest BCUT2D eigenvalue weighted by molar-refractivity contribution is -0.686. The molecule has 1 aromatic heterocycles. The van der Waals surface area contributed by atoms with E-state index in [-0.39, 0.29) is 12.5 Å². The molecule has 2 aliphatic heterocycles. The van der Waals surface area contributed by atoms with Crippen LogP contribution in [0, 0.1) is 0 Å². The Morgan fingerprint density at radius 3 is 2.43 bits per heavy atom. The molecule has 0 aliphatic carbocycles. The summed E-state index contributed by atoms with van der Waals surface area (Å²) in [6, 6.07) is 15.3. The van der Waals surface area contributed by atoms with E-state index in [0.29, 0.717) is 17.2 Å². The molecule has 0 fully saturated rings. The van der Waals surface area contributed by atoms with Gasteiger partial charge in [-0.2, -0.15) is 4.57 Å². The highest BCUT2D eigenvalue weighted by Gasteiger charge is 2.29. The van der Waals surface area contributed by atoms with Crippen molar-refractivity contribution in [1.29, 1.82) is 0 Å². The first-order chi connectivity index (χ1) is 18.2. The van der Waals surface area contributed by atoms with Gasteiger partial charge < -0.3 is 28.0 Å². The number of benzene rings is 3. The maximum Gasteiger partial charge on any atom is 0.231 e. The average molecular weight is 543 g/mol. The van der Waals surface area contributed by atoms with E-state index in [1.807, 2.05) is 36.5 Å². The molecule has 0 spiro atoms. The maximum atomic E-state index is 9.53. The van der Waals surface area contributed by atoms with Crippen molar-refractivity contribution in [3.05, 3.63) is 60.3 Å². The Kier molecular flexibility index (Phi) is 7.36. The zero-order valence-corrected chi connectivity index (χ0v) is 22.0. The molecule has 8 nitrogen and oxygen atoms in total. The van der Waals surface area contributed by atoms with Crippen LogP contribution in [-0.2, 0) is 13.0 Å². The van der Waals surface area contributed by atoms with E-state index in [1.54, 1.807) is 20.3 Å². The number of fused-ring (bicyclic) bond motifs is 5. The number of alkyl halides is 1. The van der Waals surface area contributed by atoms with E-state index in [9.17, 15) is 5.26 Å². The van der Waals surface area contributed by atoms with Crippen LogP contribution in [-0.4, -0.2) is 32.7 Å². The second-order valence-corrected chi connectivity index (χ2v) is 8.94. The number of halogens is 1.